The molecule has 0 aromatic heterocycles. The van der Waals surface area contributed by atoms with Crippen molar-refractivity contribution >= 4 is 5.97 Å². The Morgan fingerprint density at radius 3 is 1.47 bits per heavy atom. The Kier molecular flexibility index (Phi) is 35.1. The van der Waals surface area contributed by atoms with Gasteiger partial charge in [0.2, 0.25) is 0 Å². The molecule has 0 aliphatic carbocycles. The Morgan fingerprint density at radius 2 is 0.977 bits per heavy atom. The van der Waals surface area contributed by atoms with Crippen molar-refractivity contribution in [2.24, 2.45) is 0 Å². The van der Waals surface area contributed by atoms with E-state index in [2.05, 4.69) is 62.5 Å². The third-order valence-electron chi connectivity index (χ3n) is 7.69. The summed E-state index contributed by atoms with van der Waals surface area (Å²) in [6.45, 7) is 5.11. The smallest absolute Gasteiger partial charge is 0.305 e. The fraction of sp³-hybridized carbons (Fsp3) is 0.769. The zero-order valence-corrected chi connectivity index (χ0v) is 28.5. The first kappa shape index (κ1) is 41.4. The number of carbonyl (C=O) groups excluding carboxylic acids is 1. The Labute approximate surface area is 267 Å². The number of aliphatic hydroxyl groups is 1. The van der Waals surface area contributed by atoms with Crippen molar-refractivity contribution in [1.29, 1.82) is 0 Å². The molecule has 0 aliphatic rings. The van der Waals surface area contributed by atoms with Crippen LogP contribution in [-0.2, 0) is 14.3 Å². The van der Waals surface area contributed by atoms with Gasteiger partial charge in [-0.1, -0.05) is 152 Å². The molecular weight excluding hydrogens is 532 g/mol. The largest absolute Gasteiger partial charge is 0.463 e. The standard InChI is InChI=1S/C39H70O4/c1-3-5-7-9-11-13-15-17-18-19-20-21-23-25-27-29-31-33-35-42-38(36-40)37-43-39(41)34-32-30-28-26-24-22-16-14-12-10-8-6-4-2/h11,13,17-18,20-21,25,27,38,40H,3-10,12,14-16,19,22-24,26,28-37H2,1-2H3/t38-/m0/s1. The van der Waals surface area contributed by atoms with Crippen molar-refractivity contribution in [2.75, 3.05) is 19.8 Å². The summed E-state index contributed by atoms with van der Waals surface area (Å²) in [6, 6.07) is 0. The van der Waals surface area contributed by atoms with Gasteiger partial charge < -0.3 is 14.6 Å². The number of allylic oxidation sites excluding steroid dienone is 8. The maximum absolute atomic E-state index is 12.0. The van der Waals surface area contributed by atoms with Crippen LogP contribution < -0.4 is 0 Å². The van der Waals surface area contributed by atoms with E-state index in [4.69, 9.17) is 9.47 Å². The van der Waals surface area contributed by atoms with E-state index in [1.165, 1.54) is 96.3 Å². The lowest BCUT2D eigenvalue weighted by molar-refractivity contribution is -0.149. The first-order valence-corrected chi connectivity index (χ1v) is 18.2. The van der Waals surface area contributed by atoms with E-state index in [0.29, 0.717) is 13.0 Å². The highest BCUT2D eigenvalue weighted by molar-refractivity contribution is 5.69. The molecule has 4 heteroatoms. The second kappa shape index (κ2) is 36.5. The predicted molar refractivity (Wildman–Crippen MR) is 187 cm³/mol. The Bertz CT molecular complexity index is 679. The fourth-order valence-corrected chi connectivity index (χ4v) is 4.87. The van der Waals surface area contributed by atoms with Crippen LogP contribution in [0.2, 0.25) is 0 Å². The van der Waals surface area contributed by atoms with Crippen LogP contribution in [0.1, 0.15) is 168 Å². The van der Waals surface area contributed by atoms with E-state index in [-0.39, 0.29) is 19.2 Å². The first-order valence-electron chi connectivity index (χ1n) is 18.2. The molecule has 0 saturated carbocycles. The van der Waals surface area contributed by atoms with Gasteiger partial charge in [0.25, 0.3) is 0 Å². The third-order valence-corrected chi connectivity index (χ3v) is 7.69. The molecule has 0 spiro atoms. The molecule has 0 aliphatic heterocycles. The Balaban J connectivity index is 3.55. The van der Waals surface area contributed by atoms with Crippen LogP contribution in [0.5, 0.6) is 0 Å². The lowest BCUT2D eigenvalue weighted by Crippen LogP contribution is -2.26. The van der Waals surface area contributed by atoms with Crippen LogP contribution in [0.25, 0.3) is 0 Å². The predicted octanol–water partition coefficient (Wildman–Crippen LogP) is 11.5. The number of aliphatic hydroxyl groups excluding tert-OH is 1. The summed E-state index contributed by atoms with van der Waals surface area (Å²) in [5, 5.41) is 9.55. The van der Waals surface area contributed by atoms with Crippen molar-refractivity contribution in [3.05, 3.63) is 48.6 Å². The van der Waals surface area contributed by atoms with Crippen molar-refractivity contribution in [3.8, 4) is 0 Å². The summed E-state index contributed by atoms with van der Waals surface area (Å²) < 4.78 is 11.1. The Hall–Kier alpha value is -1.65. The highest BCUT2D eigenvalue weighted by atomic mass is 16.6. The van der Waals surface area contributed by atoms with Gasteiger partial charge in [-0.05, 0) is 57.8 Å². The lowest BCUT2D eigenvalue weighted by atomic mass is 10.0. The summed E-state index contributed by atoms with van der Waals surface area (Å²) >= 11 is 0. The fourth-order valence-electron chi connectivity index (χ4n) is 4.87. The molecule has 0 radical (unpaired) electrons. The zero-order valence-electron chi connectivity index (χ0n) is 28.5. The summed E-state index contributed by atoms with van der Waals surface area (Å²) in [4.78, 5) is 12.0. The van der Waals surface area contributed by atoms with Gasteiger partial charge in [0.15, 0.2) is 0 Å². The van der Waals surface area contributed by atoms with Crippen molar-refractivity contribution in [1.82, 2.24) is 0 Å². The molecule has 4 nitrogen and oxygen atoms in total. The van der Waals surface area contributed by atoms with Crippen LogP contribution in [0, 0.1) is 0 Å². The topological polar surface area (TPSA) is 55.8 Å². The van der Waals surface area contributed by atoms with Crippen molar-refractivity contribution < 1.29 is 19.4 Å². The first-order chi connectivity index (χ1) is 21.2. The molecule has 1 atom stereocenters. The molecule has 0 aromatic carbocycles. The molecule has 0 fully saturated rings. The maximum Gasteiger partial charge on any atom is 0.305 e. The van der Waals surface area contributed by atoms with E-state index in [0.717, 1.165) is 51.4 Å². The highest BCUT2D eigenvalue weighted by Gasteiger charge is 2.11. The quantitative estimate of drug-likeness (QED) is 0.0461. The zero-order chi connectivity index (χ0) is 31.3. The van der Waals surface area contributed by atoms with Crippen LogP contribution in [0.3, 0.4) is 0 Å². The van der Waals surface area contributed by atoms with Crippen LogP contribution >= 0.6 is 0 Å². The maximum atomic E-state index is 12.0. The number of carbonyl (C=O) groups is 1. The summed E-state index contributed by atoms with van der Waals surface area (Å²) in [7, 11) is 0. The molecule has 0 rings (SSSR count). The van der Waals surface area contributed by atoms with Crippen LogP contribution in [-0.4, -0.2) is 37.0 Å². The average Bonchev–Trinajstić information content (AvgIpc) is 3.02. The molecule has 0 saturated heterocycles. The van der Waals surface area contributed by atoms with E-state index in [1.807, 2.05) is 0 Å². The molecule has 250 valence electrons. The second-order valence-electron chi connectivity index (χ2n) is 11.9. The number of unbranched alkanes of at least 4 members (excludes halogenated alkanes) is 17. The van der Waals surface area contributed by atoms with Crippen LogP contribution in [0.15, 0.2) is 48.6 Å². The normalized spacial score (nSPS) is 12.9. The molecule has 0 bridgehead atoms. The van der Waals surface area contributed by atoms with Gasteiger partial charge >= 0.3 is 5.97 Å². The molecule has 0 aromatic rings. The molecule has 0 unspecified atom stereocenters. The molecule has 0 amide bonds. The third kappa shape index (κ3) is 34.7. The van der Waals surface area contributed by atoms with Gasteiger partial charge in [0, 0.05) is 13.0 Å². The van der Waals surface area contributed by atoms with Gasteiger partial charge in [-0.2, -0.15) is 0 Å². The molecular formula is C39H70O4. The minimum absolute atomic E-state index is 0.122. The number of hydrogen-bond donors (Lipinski definition) is 1. The van der Waals surface area contributed by atoms with Crippen molar-refractivity contribution in [3.63, 3.8) is 0 Å². The number of ether oxygens (including phenoxy) is 2. The van der Waals surface area contributed by atoms with Gasteiger partial charge in [0.1, 0.15) is 12.7 Å². The van der Waals surface area contributed by atoms with E-state index < -0.39 is 6.10 Å². The van der Waals surface area contributed by atoms with Gasteiger partial charge in [-0.15, -0.1) is 0 Å². The van der Waals surface area contributed by atoms with Crippen molar-refractivity contribution in [2.45, 2.75) is 174 Å². The minimum Gasteiger partial charge on any atom is -0.463 e. The average molecular weight is 603 g/mol. The van der Waals surface area contributed by atoms with Gasteiger partial charge in [-0.3, -0.25) is 4.79 Å². The highest BCUT2D eigenvalue weighted by Crippen LogP contribution is 2.13. The monoisotopic (exact) mass is 603 g/mol. The minimum atomic E-state index is -0.424. The summed E-state index contributed by atoms with van der Waals surface area (Å²) in [5.74, 6) is -0.175. The van der Waals surface area contributed by atoms with E-state index in [1.54, 1.807) is 0 Å². The molecule has 1 N–H and O–H groups in total. The number of rotatable bonds is 33. The molecule has 43 heavy (non-hydrogen) atoms. The molecule has 0 heterocycles. The van der Waals surface area contributed by atoms with E-state index >= 15 is 0 Å². The summed E-state index contributed by atoms with van der Waals surface area (Å²) in [5.41, 5.74) is 0. The second-order valence-corrected chi connectivity index (χ2v) is 11.9. The lowest BCUT2D eigenvalue weighted by Gasteiger charge is -2.15. The van der Waals surface area contributed by atoms with E-state index in [9.17, 15) is 9.90 Å². The number of hydrogen-bond acceptors (Lipinski definition) is 4. The number of esters is 1. The summed E-state index contributed by atoms with van der Waals surface area (Å²) in [6.07, 6.45) is 45.9. The van der Waals surface area contributed by atoms with Gasteiger partial charge in [-0.25, -0.2) is 0 Å². The Morgan fingerprint density at radius 1 is 0.558 bits per heavy atom. The van der Waals surface area contributed by atoms with Gasteiger partial charge in [0.05, 0.1) is 6.61 Å². The van der Waals surface area contributed by atoms with Crippen LogP contribution in [0.4, 0.5) is 0 Å². The SMILES string of the molecule is CCCCCC=CCC=CCC=CCC=CCCCCO[C@@H](CO)COC(=O)CCCCCCCCCCCCCCC.